The van der Waals surface area contributed by atoms with Crippen LogP contribution < -0.4 is 0 Å². The van der Waals surface area contributed by atoms with Crippen LogP contribution in [-0.4, -0.2) is 54.1 Å². The van der Waals surface area contributed by atoms with Gasteiger partial charge >= 0.3 is 0 Å². The molecule has 0 amide bonds. The van der Waals surface area contributed by atoms with Crippen LogP contribution in [0.4, 0.5) is 0 Å². The van der Waals surface area contributed by atoms with E-state index in [4.69, 9.17) is 16.2 Å². The lowest BCUT2D eigenvalue weighted by molar-refractivity contribution is -0.903. The zero-order chi connectivity index (χ0) is 15.6. The third-order valence-electron chi connectivity index (χ3n) is 2.90. The predicted molar refractivity (Wildman–Crippen MR) is 76.5 cm³/mol. The normalized spacial score (nSPS) is 12.6. The third kappa shape index (κ3) is 5.54. The average molecular weight is 325 g/mol. The monoisotopic (exact) mass is 324 g/mol. The Hall–Kier alpha value is -1.02. The maximum atomic E-state index is 10.7. The van der Waals surface area contributed by atoms with Crippen LogP contribution >= 0.6 is 11.6 Å². The molecule has 0 heterocycles. The maximum absolute atomic E-state index is 10.7. The van der Waals surface area contributed by atoms with Crippen molar-refractivity contribution in [2.45, 2.75) is 13.0 Å². The zero-order valence-electron chi connectivity index (χ0n) is 11.4. The molecule has 0 aromatic heterocycles. The number of quaternary nitrogens is 1. The van der Waals surface area contributed by atoms with Crippen molar-refractivity contribution < 1.29 is 27.7 Å². The second-order valence-electron chi connectivity index (χ2n) is 5.39. The number of benzene rings is 1. The molecule has 1 rings (SSSR count). The highest BCUT2D eigenvalue weighted by atomic mass is 35.5. The number of hydrogen-bond donors (Lipinski definition) is 3. The fourth-order valence-electron chi connectivity index (χ4n) is 1.98. The molecule has 0 fully saturated rings. The van der Waals surface area contributed by atoms with Gasteiger partial charge in [0.1, 0.15) is 6.54 Å². The van der Waals surface area contributed by atoms with Crippen molar-refractivity contribution >= 4 is 21.7 Å². The molecule has 0 bridgehead atoms. The minimum atomic E-state index is -3.96. The van der Waals surface area contributed by atoms with Gasteiger partial charge in [0.25, 0.3) is 10.1 Å². The Balaban J connectivity index is 2.76. The van der Waals surface area contributed by atoms with E-state index in [9.17, 15) is 18.6 Å². The van der Waals surface area contributed by atoms with E-state index in [0.717, 1.165) is 0 Å². The molecule has 0 saturated carbocycles. The molecular formula is C12H19ClNO5S+. The lowest BCUT2D eigenvalue weighted by Gasteiger charge is -2.30. The first kappa shape index (κ1) is 17.0. The summed E-state index contributed by atoms with van der Waals surface area (Å²) in [6, 6.07) is 2.80. The number of hydrogen-bond acceptors (Lipinski definition) is 4. The Bertz CT molecular complexity index is 586. The third-order valence-corrected chi connectivity index (χ3v) is 3.92. The molecule has 114 valence electrons. The Kier molecular flexibility index (Phi) is 5.26. The smallest absolute Gasteiger partial charge is 0.265 e. The molecule has 20 heavy (non-hydrogen) atoms. The van der Waals surface area contributed by atoms with Crippen LogP contribution in [0.5, 0.6) is 11.5 Å². The van der Waals surface area contributed by atoms with Crippen molar-refractivity contribution in [3.63, 3.8) is 0 Å². The Morgan fingerprint density at radius 1 is 1.25 bits per heavy atom. The molecule has 0 unspecified atom stereocenters. The van der Waals surface area contributed by atoms with Crippen molar-refractivity contribution in [1.82, 2.24) is 0 Å². The van der Waals surface area contributed by atoms with Crippen LogP contribution in [0.1, 0.15) is 12.0 Å². The van der Waals surface area contributed by atoms with E-state index in [2.05, 4.69) is 0 Å². The average Bonchev–Trinajstić information content (AvgIpc) is 2.22. The number of rotatable bonds is 6. The van der Waals surface area contributed by atoms with Crippen molar-refractivity contribution in [3.8, 4) is 11.5 Å². The van der Waals surface area contributed by atoms with E-state index in [1.54, 1.807) is 6.07 Å². The molecule has 8 heteroatoms. The second-order valence-corrected chi connectivity index (χ2v) is 7.40. The van der Waals surface area contributed by atoms with Gasteiger partial charge in [-0.15, -0.1) is 0 Å². The van der Waals surface area contributed by atoms with Crippen LogP contribution in [-0.2, 0) is 16.7 Å². The number of phenolic OH excluding ortho intramolecular Hbond substituents is 2. The van der Waals surface area contributed by atoms with Gasteiger partial charge in [-0.2, -0.15) is 8.42 Å². The van der Waals surface area contributed by atoms with Crippen LogP contribution in [0, 0.1) is 0 Å². The minimum Gasteiger partial charge on any atom is -0.504 e. The van der Waals surface area contributed by atoms with Gasteiger partial charge in [0.05, 0.1) is 32.0 Å². The molecule has 0 aliphatic heterocycles. The van der Waals surface area contributed by atoms with Gasteiger partial charge in [-0.25, -0.2) is 0 Å². The summed E-state index contributed by atoms with van der Waals surface area (Å²) in [5.41, 5.74) is 0.479. The topological polar surface area (TPSA) is 94.8 Å². The zero-order valence-corrected chi connectivity index (χ0v) is 12.9. The van der Waals surface area contributed by atoms with E-state index >= 15 is 0 Å². The number of phenols is 2. The van der Waals surface area contributed by atoms with E-state index in [-0.39, 0.29) is 17.3 Å². The highest BCUT2D eigenvalue weighted by molar-refractivity contribution is 7.85. The van der Waals surface area contributed by atoms with E-state index in [1.807, 2.05) is 14.1 Å². The molecule has 0 aliphatic carbocycles. The van der Waals surface area contributed by atoms with Crippen molar-refractivity contribution in [1.29, 1.82) is 0 Å². The molecule has 1 aromatic carbocycles. The number of halogens is 1. The Morgan fingerprint density at radius 3 is 2.40 bits per heavy atom. The molecule has 0 atom stereocenters. The summed E-state index contributed by atoms with van der Waals surface area (Å²) < 4.78 is 30.4. The van der Waals surface area contributed by atoms with Crippen LogP contribution in [0.15, 0.2) is 12.1 Å². The summed E-state index contributed by atoms with van der Waals surface area (Å²) in [7, 11) is -0.264. The minimum absolute atomic E-state index is 0.227. The molecular weight excluding hydrogens is 306 g/mol. The molecule has 0 spiro atoms. The van der Waals surface area contributed by atoms with E-state index < -0.39 is 10.1 Å². The maximum Gasteiger partial charge on any atom is 0.265 e. The largest absolute Gasteiger partial charge is 0.504 e. The van der Waals surface area contributed by atoms with Crippen LogP contribution in [0.3, 0.4) is 0 Å². The SMILES string of the molecule is C[N+](C)(CCCS(=O)(=O)O)Cc1cc(Cl)cc(O)c1O. The van der Waals surface area contributed by atoms with Crippen LogP contribution in [0.2, 0.25) is 5.02 Å². The van der Waals surface area contributed by atoms with Gasteiger partial charge < -0.3 is 14.7 Å². The van der Waals surface area contributed by atoms with Crippen molar-refractivity contribution in [2.24, 2.45) is 0 Å². The summed E-state index contributed by atoms with van der Waals surface area (Å²) in [5.74, 6) is -0.817. The van der Waals surface area contributed by atoms with Crippen molar-refractivity contribution in [2.75, 3.05) is 26.4 Å². The fourth-order valence-corrected chi connectivity index (χ4v) is 2.70. The van der Waals surface area contributed by atoms with Gasteiger partial charge in [0, 0.05) is 17.5 Å². The summed E-state index contributed by atoms with van der Waals surface area (Å²) in [5, 5.41) is 19.6. The number of aromatic hydroxyl groups is 2. The quantitative estimate of drug-likeness (QED) is 0.420. The standard InChI is InChI=1S/C12H18ClNO5S/c1-14(2,4-3-5-20(17,18)19)8-9-6-10(13)7-11(15)12(9)16/h6-7H,3-5,8H2,1-2H3,(H2-,15,16,17,18,19)/p+1. The van der Waals surface area contributed by atoms with Gasteiger partial charge in [-0.1, -0.05) is 11.6 Å². The molecule has 0 aliphatic rings. The summed E-state index contributed by atoms with van der Waals surface area (Å²) in [6.07, 6.45) is 0.291. The number of nitrogens with zero attached hydrogens (tertiary/aromatic N) is 1. The molecule has 3 N–H and O–H groups in total. The van der Waals surface area contributed by atoms with Gasteiger partial charge in [-0.05, 0) is 6.07 Å². The van der Waals surface area contributed by atoms with E-state index in [1.165, 1.54) is 6.07 Å². The molecule has 1 aromatic rings. The highest BCUT2D eigenvalue weighted by Crippen LogP contribution is 2.33. The first-order valence-corrected chi connectivity index (χ1v) is 7.96. The summed E-state index contributed by atoms with van der Waals surface area (Å²) >= 11 is 5.82. The van der Waals surface area contributed by atoms with Crippen LogP contribution in [0.25, 0.3) is 0 Å². The summed E-state index contributed by atoms with van der Waals surface area (Å²) in [6.45, 7) is 0.845. The second kappa shape index (κ2) is 6.17. The Labute approximate surface area is 123 Å². The highest BCUT2D eigenvalue weighted by Gasteiger charge is 2.21. The first-order valence-electron chi connectivity index (χ1n) is 5.98. The predicted octanol–water partition coefficient (Wildman–Crippen LogP) is 1.61. The first-order chi connectivity index (χ1) is 9.00. The molecule has 6 nitrogen and oxygen atoms in total. The van der Waals surface area contributed by atoms with Gasteiger partial charge in [-0.3, -0.25) is 4.55 Å². The molecule has 0 saturated heterocycles. The van der Waals surface area contributed by atoms with Gasteiger partial charge in [0.2, 0.25) is 0 Å². The van der Waals surface area contributed by atoms with Crippen molar-refractivity contribution in [3.05, 3.63) is 22.7 Å². The summed E-state index contributed by atoms with van der Waals surface area (Å²) in [4.78, 5) is 0. The lowest BCUT2D eigenvalue weighted by Crippen LogP contribution is -2.40. The van der Waals surface area contributed by atoms with E-state index in [0.29, 0.717) is 34.6 Å². The fraction of sp³-hybridized carbons (Fsp3) is 0.500. The Morgan fingerprint density at radius 2 is 1.85 bits per heavy atom. The van der Waals surface area contributed by atoms with Gasteiger partial charge in [0.15, 0.2) is 11.5 Å². The molecule has 0 radical (unpaired) electrons. The lowest BCUT2D eigenvalue weighted by atomic mass is 10.1.